The zero-order chi connectivity index (χ0) is 19.5. The molecule has 0 bridgehead atoms. The molecule has 0 aliphatic carbocycles. The molecule has 0 saturated heterocycles. The summed E-state index contributed by atoms with van der Waals surface area (Å²) < 4.78 is 10.6. The SMILES string of the molecule is COc1cccc(-c2ccnc3nc(Nc4ccccc4OC)[nH]c(=O)c23)c1. The van der Waals surface area contributed by atoms with Crippen molar-refractivity contribution in [3.05, 3.63) is 71.1 Å². The quantitative estimate of drug-likeness (QED) is 0.553. The van der Waals surface area contributed by atoms with Gasteiger partial charge < -0.3 is 14.8 Å². The van der Waals surface area contributed by atoms with Crippen LogP contribution in [0.15, 0.2) is 65.6 Å². The Morgan fingerprint density at radius 3 is 2.68 bits per heavy atom. The van der Waals surface area contributed by atoms with Crippen molar-refractivity contribution in [2.45, 2.75) is 0 Å². The summed E-state index contributed by atoms with van der Waals surface area (Å²) in [4.78, 5) is 24.4. The molecule has 7 nitrogen and oxygen atoms in total. The Hall–Kier alpha value is -3.87. The van der Waals surface area contributed by atoms with Crippen molar-refractivity contribution in [2.75, 3.05) is 19.5 Å². The third kappa shape index (κ3) is 3.25. The highest BCUT2D eigenvalue weighted by atomic mass is 16.5. The van der Waals surface area contributed by atoms with Gasteiger partial charge in [0.15, 0.2) is 5.65 Å². The first-order chi connectivity index (χ1) is 13.7. The van der Waals surface area contributed by atoms with Crippen LogP contribution in [-0.4, -0.2) is 29.2 Å². The molecule has 0 unspecified atom stereocenters. The third-order valence-electron chi connectivity index (χ3n) is 4.35. The number of fused-ring (bicyclic) bond motifs is 1. The van der Waals surface area contributed by atoms with Gasteiger partial charge in [-0.2, -0.15) is 4.98 Å². The van der Waals surface area contributed by atoms with E-state index < -0.39 is 0 Å². The van der Waals surface area contributed by atoms with Crippen LogP contribution in [0.1, 0.15) is 0 Å². The normalized spacial score (nSPS) is 10.6. The molecule has 0 spiro atoms. The topological polar surface area (TPSA) is 89.1 Å². The molecule has 7 heteroatoms. The first-order valence-corrected chi connectivity index (χ1v) is 8.63. The number of nitrogens with zero attached hydrogens (tertiary/aromatic N) is 2. The number of H-pyrrole nitrogens is 1. The van der Waals surface area contributed by atoms with Gasteiger partial charge in [-0.15, -0.1) is 0 Å². The fourth-order valence-corrected chi connectivity index (χ4v) is 3.03. The highest BCUT2D eigenvalue weighted by Gasteiger charge is 2.13. The van der Waals surface area contributed by atoms with Crippen molar-refractivity contribution < 1.29 is 9.47 Å². The van der Waals surface area contributed by atoms with Gasteiger partial charge in [0.05, 0.1) is 25.3 Å². The van der Waals surface area contributed by atoms with E-state index in [9.17, 15) is 4.79 Å². The van der Waals surface area contributed by atoms with E-state index in [1.165, 1.54) is 0 Å². The predicted molar refractivity (Wildman–Crippen MR) is 108 cm³/mol. The zero-order valence-electron chi connectivity index (χ0n) is 15.4. The zero-order valence-corrected chi connectivity index (χ0v) is 15.4. The molecule has 0 aliphatic rings. The molecule has 4 aromatic rings. The molecule has 140 valence electrons. The second-order valence-electron chi connectivity index (χ2n) is 6.03. The molecule has 2 heterocycles. The minimum Gasteiger partial charge on any atom is -0.497 e. The number of pyridine rings is 1. The number of nitrogens with one attached hydrogen (secondary N) is 2. The number of ether oxygens (including phenoxy) is 2. The summed E-state index contributed by atoms with van der Waals surface area (Å²) >= 11 is 0. The maximum atomic E-state index is 12.9. The number of rotatable bonds is 5. The van der Waals surface area contributed by atoms with Gasteiger partial charge in [-0.25, -0.2) is 4.98 Å². The number of methoxy groups -OCH3 is 2. The molecule has 28 heavy (non-hydrogen) atoms. The van der Waals surface area contributed by atoms with Crippen molar-refractivity contribution >= 4 is 22.7 Å². The Balaban J connectivity index is 1.81. The van der Waals surface area contributed by atoms with Crippen molar-refractivity contribution in [3.8, 4) is 22.6 Å². The number of anilines is 2. The lowest BCUT2D eigenvalue weighted by Gasteiger charge is -2.11. The van der Waals surface area contributed by atoms with Crippen LogP contribution in [0.4, 0.5) is 11.6 Å². The summed E-state index contributed by atoms with van der Waals surface area (Å²) in [7, 11) is 3.19. The minimum atomic E-state index is -0.284. The molecule has 0 radical (unpaired) electrons. The third-order valence-corrected chi connectivity index (χ3v) is 4.35. The van der Waals surface area contributed by atoms with E-state index >= 15 is 0 Å². The smallest absolute Gasteiger partial charge is 0.262 e. The molecular formula is C21H18N4O3. The highest BCUT2D eigenvalue weighted by Crippen LogP contribution is 2.29. The number of aromatic nitrogens is 3. The number of hydrogen-bond donors (Lipinski definition) is 2. The maximum Gasteiger partial charge on any atom is 0.262 e. The van der Waals surface area contributed by atoms with Crippen LogP contribution in [0, 0.1) is 0 Å². The van der Waals surface area contributed by atoms with Crippen molar-refractivity contribution in [3.63, 3.8) is 0 Å². The van der Waals surface area contributed by atoms with Gasteiger partial charge in [-0.05, 0) is 41.5 Å². The summed E-state index contributed by atoms with van der Waals surface area (Å²) in [6.45, 7) is 0. The molecule has 0 fully saturated rings. The van der Waals surface area contributed by atoms with Crippen molar-refractivity contribution in [1.29, 1.82) is 0 Å². The summed E-state index contributed by atoms with van der Waals surface area (Å²) in [5.74, 6) is 1.64. The average Bonchev–Trinajstić information content (AvgIpc) is 2.73. The van der Waals surface area contributed by atoms with Crippen LogP contribution in [-0.2, 0) is 0 Å². The number of para-hydroxylation sites is 2. The summed E-state index contributed by atoms with van der Waals surface area (Å²) in [5.41, 5.74) is 2.34. The first kappa shape index (κ1) is 17.5. The van der Waals surface area contributed by atoms with Gasteiger partial charge in [0.2, 0.25) is 5.95 Å². The Morgan fingerprint density at radius 1 is 1.00 bits per heavy atom. The van der Waals surface area contributed by atoms with E-state index in [0.29, 0.717) is 28.2 Å². The van der Waals surface area contributed by atoms with Gasteiger partial charge in [-0.3, -0.25) is 9.78 Å². The monoisotopic (exact) mass is 374 g/mol. The molecule has 0 aliphatic heterocycles. The van der Waals surface area contributed by atoms with E-state index in [1.54, 1.807) is 26.5 Å². The molecule has 0 amide bonds. The fraction of sp³-hybridized carbons (Fsp3) is 0.0952. The van der Waals surface area contributed by atoms with E-state index in [1.807, 2.05) is 48.5 Å². The molecule has 0 atom stereocenters. The predicted octanol–water partition coefficient (Wildman–Crippen LogP) is 3.75. The number of benzene rings is 2. The van der Waals surface area contributed by atoms with E-state index in [2.05, 4.69) is 20.3 Å². The lowest BCUT2D eigenvalue weighted by molar-refractivity contribution is 0.415. The van der Waals surface area contributed by atoms with Gasteiger partial charge in [-0.1, -0.05) is 24.3 Å². The number of aromatic amines is 1. The second kappa shape index (κ2) is 7.40. The number of hydrogen-bond acceptors (Lipinski definition) is 6. The fourth-order valence-electron chi connectivity index (χ4n) is 3.03. The highest BCUT2D eigenvalue weighted by molar-refractivity contribution is 5.92. The molecule has 4 rings (SSSR count). The summed E-state index contributed by atoms with van der Waals surface area (Å²) in [6, 6.07) is 16.7. The lowest BCUT2D eigenvalue weighted by Crippen LogP contribution is -2.13. The minimum absolute atomic E-state index is 0.284. The van der Waals surface area contributed by atoms with Gasteiger partial charge in [0.25, 0.3) is 5.56 Å². The molecule has 2 N–H and O–H groups in total. The second-order valence-corrected chi connectivity index (χ2v) is 6.03. The Bertz CT molecular complexity index is 1200. The maximum absolute atomic E-state index is 12.9. The van der Waals surface area contributed by atoms with Crippen molar-refractivity contribution in [2.24, 2.45) is 0 Å². The lowest BCUT2D eigenvalue weighted by atomic mass is 10.0. The average molecular weight is 374 g/mol. The Morgan fingerprint density at radius 2 is 1.86 bits per heavy atom. The van der Waals surface area contributed by atoms with Crippen molar-refractivity contribution in [1.82, 2.24) is 15.0 Å². The van der Waals surface area contributed by atoms with Crippen LogP contribution in [0.5, 0.6) is 11.5 Å². The summed E-state index contributed by atoms with van der Waals surface area (Å²) in [6.07, 6.45) is 1.64. The van der Waals surface area contributed by atoms with Crippen LogP contribution in [0.3, 0.4) is 0 Å². The first-order valence-electron chi connectivity index (χ1n) is 8.63. The van der Waals surface area contributed by atoms with E-state index in [-0.39, 0.29) is 11.5 Å². The largest absolute Gasteiger partial charge is 0.497 e. The Kier molecular flexibility index (Phi) is 4.63. The van der Waals surface area contributed by atoms with Crippen LogP contribution in [0.2, 0.25) is 0 Å². The summed E-state index contributed by atoms with van der Waals surface area (Å²) in [5, 5.41) is 3.50. The van der Waals surface area contributed by atoms with Gasteiger partial charge >= 0.3 is 0 Å². The molecular weight excluding hydrogens is 356 g/mol. The Labute approximate surface area is 161 Å². The van der Waals surface area contributed by atoms with Crippen LogP contribution >= 0.6 is 0 Å². The van der Waals surface area contributed by atoms with E-state index in [0.717, 1.165) is 11.1 Å². The molecule has 0 saturated carbocycles. The molecule has 2 aromatic carbocycles. The van der Waals surface area contributed by atoms with Gasteiger partial charge in [0, 0.05) is 6.20 Å². The molecule has 2 aromatic heterocycles. The standard InChI is InChI=1S/C21H18N4O3/c1-27-14-7-5-6-13(12-14)15-10-11-22-19-18(15)20(26)25-21(24-19)23-16-8-3-4-9-17(16)28-2/h3-12H,1-2H3,(H2,22,23,24,25,26). The van der Waals surface area contributed by atoms with Crippen LogP contribution in [0.25, 0.3) is 22.2 Å². The van der Waals surface area contributed by atoms with Gasteiger partial charge in [0.1, 0.15) is 11.5 Å². The van der Waals surface area contributed by atoms with E-state index in [4.69, 9.17) is 9.47 Å². The van der Waals surface area contributed by atoms with Crippen LogP contribution < -0.4 is 20.3 Å².